The highest BCUT2D eigenvalue weighted by atomic mass is 127. The van der Waals surface area contributed by atoms with Crippen molar-refractivity contribution in [3.63, 3.8) is 0 Å². The van der Waals surface area contributed by atoms with E-state index in [0.717, 1.165) is 17.0 Å². The minimum Gasteiger partial charge on any atom is -0.322 e. The van der Waals surface area contributed by atoms with Gasteiger partial charge in [-0.1, -0.05) is 0 Å². The summed E-state index contributed by atoms with van der Waals surface area (Å²) in [5, 5.41) is 2.36. The maximum atomic E-state index is 13.5. The Morgan fingerprint density at radius 1 is 1.04 bits per heavy atom. The molecule has 0 saturated carbocycles. The van der Waals surface area contributed by atoms with Gasteiger partial charge >= 0.3 is 0 Å². The number of carbonyl (C=O) groups is 3. The Balaban J connectivity index is 1.90. The first kappa shape index (κ1) is 16.5. The lowest BCUT2D eigenvalue weighted by molar-refractivity contribution is 0.0693. The molecule has 1 N–H and O–H groups in total. The zero-order chi connectivity index (χ0) is 17.6. The van der Waals surface area contributed by atoms with Gasteiger partial charge in [-0.25, -0.2) is 8.78 Å². The van der Waals surface area contributed by atoms with Gasteiger partial charge in [-0.05, 0) is 52.9 Å². The summed E-state index contributed by atoms with van der Waals surface area (Å²) in [7, 11) is 1.35. The fourth-order valence-electron chi connectivity index (χ4n) is 2.33. The zero-order valence-electron chi connectivity index (χ0n) is 12.2. The number of hydrogen-bond donors (Lipinski definition) is 1. The Morgan fingerprint density at radius 3 is 2.25 bits per heavy atom. The van der Waals surface area contributed by atoms with Crippen LogP contribution in [0.3, 0.4) is 0 Å². The second-order valence-electron chi connectivity index (χ2n) is 5.14. The van der Waals surface area contributed by atoms with Gasteiger partial charge in [-0.15, -0.1) is 0 Å². The monoisotopic (exact) mass is 442 g/mol. The number of fused-ring (bicyclic) bond motifs is 1. The van der Waals surface area contributed by atoms with Gasteiger partial charge in [0.05, 0.1) is 14.7 Å². The number of carbonyl (C=O) groups excluding carboxylic acids is 3. The highest BCUT2D eigenvalue weighted by molar-refractivity contribution is 14.1. The molecule has 3 rings (SSSR count). The van der Waals surface area contributed by atoms with Gasteiger partial charge < -0.3 is 5.32 Å². The first-order valence-corrected chi connectivity index (χ1v) is 7.80. The van der Waals surface area contributed by atoms with Crippen LogP contribution in [-0.2, 0) is 0 Å². The number of hydrogen-bond acceptors (Lipinski definition) is 3. The predicted molar refractivity (Wildman–Crippen MR) is 89.9 cm³/mol. The first-order chi connectivity index (χ1) is 11.3. The SMILES string of the molecule is CN1C(=O)c2ccc(C(=O)Nc3cc(F)c(I)c(F)c3)cc2C1=O. The molecular weight excluding hydrogens is 433 g/mol. The van der Waals surface area contributed by atoms with E-state index < -0.39 is 29.4 Å². The van der Waals surface area contributed by atoms with Crippen LogP contribution in [0.1, 0.15) is 31.1 Å². The summed E-state index contributed by atoms with van der Waals surface area (Å²) >= 11 is 1.52. The fraction of sp³-hybridized carbons (Fsp3) is 0.0625. The molecule has 1 aliphatic rings. The summed E-state index contributed by atoms with van der Waals surface area (Å²) < 4.78 is 26.9. The average Bonchev–Trinajstić information content (AvgIpc) is 2.76. The molecule has 2 aromatic rings. The van der Waals surface area contributed by atoms with Crippen molar-refractivity contribution in [2.45, 2.75) is 0 Å². The van der Waals surface area contributed by atoms with Crippen LogP contribution in [0.4, 0.5) is 14.5 Å². The van der Waals surface area contributed by atoms with Crippen molar-refractivity contribution < 1.29 is 23.2 Å². The highest BCUT2D eigenvalue weighted by Gasteiger charge is 2.33. The Labute approximate surface area is 148 Å². The Morgan fingerprint density at radius 2 is 1.62 bits per heavy atom. The summed E-state index contributed by atoms with van der Waals surface area (Å²) in [5.74, 6) is -3.17. The van der Waals surface area contributed by atoms with Crippen molar-refractivity contribution in [3.05, 3.63) is 62.2 Å². The van der Waals surface area contributed by atoms with E-state index in [2.05, 4.69) is 5.32 Å². The molecule has 0 bridgehead atoms. The van der Waals surface area contributed by atoms with Crippen LogP contribution in [0.25, 0.3) is 0 Å². The molecule has 0 saturated heterocycles. The van der Waals surface area contributed by atoms with E-state index in [0.29, 0.717) is 0 Å². The molecular formula is C16H9F2IN2O3. The number of halogens is 3. The summed E-state index contributed by atoms with van der Waals surface area (Å²) in [6.07, 6.45) is 0. The molecule has 8 heteroatoms. The van der Waals surface area contributed by atoms with Gasteiger partial charge in [0.1, 0.15) is 11.6 Å². The van der Waals surface area contributed by atoms with E-state index in [4.69, 9.17) is 0 Å². The molecule has 3 amide bonds. The second-order valence-corrected chi connectivity index (χ2v) is 6.22. The maximum absolute atomic E-state index is 13.5. The molecule has 0 aliphatic carbocycles. The molecule has 1 aliphatic heterocycles. The van der Waals surface area contributed by atoms with E-state index in [1.165, 1.54) is 47.8 Å². The largest absolute Gasteiger partial charge is 0.322 e. The van der Waals surface area contributed by atoms with Gasteiger partial charge in [0, 0.05) is 18.3 Å². The van der Waals surface area contributed by atoms with Crippen LogP contribution in [0.2, 0.25) is 0 Å². The maximum Gasteiger partial charge on any atom is 0.261 e. The number of nitrogens with one attached hydrogen (secondary N) is 1. The quantitative estimate of drug-likeness (QED) is 0.442. The van der Waals surface area contributed by atoms with Gasteiger partial charge in [0.2, 0.25) is 0 Å². The van der Waals surface area contributed by atoms with E-state index in [1.807, 2.05) is 0 Å². The fourth-order valence-corrected chi connectivity index (χ4v) is 2.64. The summed E-state index contributed by atoms with van der Waals surface area (Å²) in [4.78, 5) is 36.9. The molecule has 0 fully saturated rings. The number of anilines is 1. The van der Waals surface area contributed by atoms with Crippen LogP contribution < -0.4 is 5.32 Å². The van der Waals surface area contributed by atoms with Crippen molar-refractivity contribution in [2.24, 2.45) is 0 Å². The summed E-state index contributed by atoms with van der Waals surface area (Å²) in [5.41, 5.74) is 0.389. The molecule has 1 heterocycles. The third kappa shape index (κ3) is 2.66. The van der Waals surface area contributed by atoms with Crippen LogP contribution in [-0.4, -0.2) is 29.7 Å². The van der Waals surface area contributed by atoms with Gasteiger partial charge in [-0.3, -0.25) is 19.3 Å². The average molecular weight is 442 g/mol. The third-order valence-electron chi connectivity index (χ3n) is 3.59. The van der Waals surface area contributed by atoms with Crippen LogP contribution in [0.15, 0.2) is 30.3 Å². The molecule has 0 aromatic heterocycles. The lowest BCUT2D eigenvalue weighted by Gasteiger charge is -2.07. The van der Waals surface area contributed by atoms with Crippen LogP contribution in [0, 0.1) is 15.2 Å². The minimum atomic E-state index is -0.790. The highest BCUT2D eigenvalue weighted by Crippen LogP contribution is 2.24. The van der Waals surface area contributed by atoms with Gasteiger partial charge in [-0.2, -0.15) is 0 Å². The molecule has 0 unspecified atom stereocenters. The lowest BCUT2D eigenvalue weighted by atomic mass is 10.1. The molecule has 2 aromatic carbocycles. The van der Waals surface area contributed by atoms with Crippen molar-refractivity contribution in [1.82, 2.24) is 4.90 Å². The summed E-state index contributed by atoms with van der Waals surface area (Å²) in [6.45, 7) is 0. The molecule has 0 radical (unpaired) electrons. The van der Waals surface area contributed by atoms with Crippen molar-refractivity contribution >= 4 is 46.0 Å². The lowest BCUT2D eigenvalue weighted by Crippen LogP contribution is -2.24. The van der Waals surface area contributed by atoms with E-state index in [-0.39, 0.29) is 25.9 Å². The topological polar surface area (TPSA) is 66.5 Å². The number of nitrogens with zero attached hydrogens (tertiary/aromatic N) is 1. The standard InChI is InChI=1S/C16H9F2IN2O3/c1-21-15(23)9-3-2-7(4-10(9)16(21)24)14(22)20-8-5-11(17)13(19)12(18)6-8/h2-6H,1H3,(H,20,22). The van der Waals surface area contributed by atoms with E-state index >= 15 is 0 Å². The van der Waals surface area contributed by atoms with Gasteiger partial charge in [0.15, 0.2) is 0 Å². The van der Waals surface area contributed by atoms with Crippen molar-refractivity contribution in [2.75, 3.05) is 12.4 Å². The molecule has 122 valence electrons. The Kier molecular flexibility index (Phi) is 4.08. The number of amides is 3. The van der Waals surface area contributed by atoms with Crippen molar-refractivity contribution in [3.8, 4) is 0 Å². The second kappa shape index (κ2) is 5.93. The predicted octanol–water partition coefficient (Wildman–Crippen LogP) is 3.05. The molecule has 0 spiro atoms. The molecule has 24 heavy (non-hydrogen) atoms. The molecule has 5 nitrogen and oxygen atoms in total. The van der Waals surface area contributed by atoms with Crippen molar-refractivity contribution in [1.29, 1.82) is 0 Å². The molecule has 0 atom stereocenters. The normalized spacial score (nSPS) is 13.2. The number of benzene rings is 2. The van der Waals surface area contributed by atoms with Crippen LogP contribution in [0.5, 0.6) is 0 Å². The number of rotatable bonds is 2. The van der Waals surface area contributed by atoms with E-state index in [1.54, 1.807) is 0 Å². The zero-order valence-corrected chi connectivity index (χ0v) is 14.4. The Bertz CT molecular complexity index is 891. The minimum absolute atomic E-state index is 0.0459. The first-order valence-electron chi connectivity index (χ1n) is 6.72. The smallest absolute Gasteiger partial charge is 0.261 e. The van der Waals surface area contributed by atoms with Gasteiger partial charge in [0.25, 0.3) is 17.7 Å². The Hall–Kier alpha value is -2.36. The third-order valence-corrected chi connectivity index (χ3v) is 4.62. The summed E-state index contributed by atoms with van der Waals surface area (Å²) in [6, 6.07) is 6.03. The number of imide groups is 1. The van der Waals surface area contributed by atoms with Crippen LogP contribution >= 0.6 is 22.6 Å². The van der Waals surface area contributed by atoms with E-state index in [9.17, 15) is 23.2 Å².